The fourth-order valence-electron chi connectivity index (χ4n) is 1.82. The smallest absolute Gasteiger partial charge is 0.226 e. The van der Waals surface area contributed by atoms with Crippen molar-refractivity contribution in [1.29, 1.82) is 0 Å². The summed E-state index contributed by atoms with van der Waals surface area (Å²) in [5.74, 6) is 0.178. The predicted octanol–water partition coefficient (Wildman–Crippen LogP) is 0.302. The van der Waals surface area contributed by atoms with E-state index in [4.69, 9.17) is 9.52 Å². The van der Waals surface area contributed by atoms with Crippen LogP contribution in [0, 0.1) is 0 Å². The Morgan fingerprint density at radius 1 is 1.44 bits per heavy atom. The van der Waals surface area contributed by atoms with E-state index in [1.807, 2.05) is 0 Å². The number of hydrogen-bond acceptors (Lipinski definition) is 5. The number of hydrogen-bond donors (Lipinski definition) is 2. The van der Waals surface area contributed by atoms with E-state index in [-0.39, 0.29) is 11.9 Å². The quantitative estimate of drug-likeness (QED) is 0.757. The van der Waals surface area contributed by atoms with Gasteiger partial charge in [0.25, 0.3) is 0 Å². The molecule has 1 aliphatic rings. The molecule has 0 amide bonds. The van der Waals surface area contributed by atoms with E-state index < -0.39 is 5.43 Å². The third-order valence-corrected chi connectivity index (χ3v) is 2.80. The Morgan fingerprint density at radius 3 is 2.75 bits per heavy atom. The third kappa shape index (κ3) is 2.62. The van der Waals surface area contributed by atoms with Crippen molar-refractivity contribution in [3.63, 3.8) is 0 Å². The molecular formula is C11H15NO4. The van der Waals surface area contributed by atoms with E-state index in [1.54, 1.807) is 0 Å². The van der Waals surface area contributed by atoms with Crippen molar-refractivity contribution >= 4 is 0 Å². The standard InChI is InChI=1S/C11H15NO4/c13-8-1-3-12(4-2-8)6-9-5-10(14)11(15)7-16-9/h5,7-8,13,15H,1-4,6H2. The van der Waals surface area contributed by atoms with E-state index in [0.717, 1.165) is 32.2 Å². The van der Waals surface area contributed by atoms with Crippen LogP contribution in [0.2, 0.25) is 0 Å². The SMILES string of the molecule is O=c1cc(CN2CCC(O)CC2)occ1O. The number of nitrogens with zero attached hydrogens (tertiary/aromatic N) is 1. The second kappa shape index (κ2) is 4.67. The van der Waals surface area contributed by atoms with Crippen molar-refractivity contribution in [1.82, 2.24) is 4.90 Å². The lowest BCUT2D eigenvalue weighted by molar-refractivity contribution is 0.0756. The molecule has 1 aromatic heterocycles. The highest BCUT2D eigenvalue weighted by Gasteiger charge is 2.17. The third-order valence-electron chi connectivity index (χ3n) is 2.80. The van der Waals surface area contributed by atoms with Gasteiger partial charge in [0.2, 0.25) is 5.43 Å². The fraction of sp³-hybridized carbons (Fsp3) is 0.545. The summed E-state index contributed by atoms with van der Waals surface area (Å²) in [6.45, 7) is 2.14. The molecule has 0 unspecified atom stereocenters. The van der Waals surface area contributed by atoms with Gasteiger partial charge in [0, 0.05) is 19.2 Å². The molecule has 0 aromatic carbocycles. The Hall–Kier alpha value is -1.33. The van der Waals surface area contributed by atoms with E-state index >= 15 is 0 Å². The molecule has 2 heterocycles. The van der Waals surface area contributed by atoms with Gasteiger partial charge in [-0.3, -0.25) is 9.69 Å². The van der Waals surface area contributed by atoms with Gasteiger partial charge in [-0.25, -0.2) is 0 Å². The van der Waals surface area contributed by atoms with Crippen molar-refractivity contribution in [2.24, 2.45) is 0 Å². The highest BCUT2D eigenvalue weighted by atomic mass is 16.4. The summed E-state index contributed by atoms with van der Waals surface area (Å²) < 4.78 is 5.11. The number of likely N-dealkylation sites (tertiary alicyclic amines) is 1. The first kappa shape index (κ1) is 11.2. The van der Waals surface area contributed by atoms with Crippen LogP contribution in [0.5, 0.6) is 5.75 Å². The molecular weight excluding hydrogens is 210 g/mol. The van der Waals surface area contributed by atoms with Crippen LogP contribution in [0.4, 0.5) is 0 Å². The topological polar surface area (TPSA) is 73.9 Å². The zero-order chi connectivity index (χ0) is 11.5. The maximum Gasteiger partial charge on any atom is 0.226 e. The van der Waals surface area contributed by atoms with Crippen LogP contribution in [-0.4, -0.2) is 34.3 Å². The molecule has 0 aliphatic carbocycles. The molecule has 0 spiro atoms. The zero-order valence-electron chi connectivity index (χ0n) is 8.93. The van der Waals surface area contributed by atoms with Crippen LogP contribution in [0.25, 0.3) is 0 Å². The molecule has 0 bridgehead atoms. The molecule has 1 aliphatic heterocycles. The van der Waals surface area contributed by atoms with Crippen molar-refractivity contribution in [3.05, 3.63) is 28.3 Å². The molecule has 5 heteroatoms. The minimum absolute atomic E-state index is 0.205. The first-order valence-electron chi connectivity index (χ1n) is 5.36. The number of piperidine rings is 1. The average Bonchev–Trinajstić information content (AvgIpc) is 2.27. The molecule has 0 saturated carbocycles. The number of aliphatic hydroxyl groups is 1. The molecule has 2 N–H and O–H groups in total. The van der Waals surface area contributed by atoms with Crippen LogP contribution < -0.4 is 5.43 Å². The van der Waals surface area contributed by atoms with Gasteiger partial charge < -0.3 is 14.6 Å². The maximum absolute atomic E-state index is 11.2. The largest absolute Gasteiger partial charge is 0.502 e. The van der Waals surface area contributed by atoms with E-state index in [2.05, 4.69) is 4.90 Å². The van der Waals surface area contributed by atoms with Crippen molar-refractivity contribution in [3.8, 4) is 5.75 Å². The molecule has 5 nitrogen and oxygen atoms in total. The highest BCUT2D eigenvalue weighted by Crippen LogP contribution is 2.13. The lowest BCUT2D eigenvalue weighted by atomic mass is 10.1. The van der Waals surface area contributed by atoms with E-state index in [1.165, 1.54) is 6.07 Å². The van der Waals surface area contributed by atoms with Crippen LogP contribution in [-0.2, 0) is 6.54 Å². The molecule has 88 valence electrons. The number of aromatic hydroxyl groups is 1. The molecule has 2 rings (SSSR count). The average molecular weight is 225 g/mol. The van der Waals surface area contributed by atoms with Gasteiger partial charge in [-0.1, -0.05) is 0 Å². The number of aliphatic hydroxyl groups excluding tert-OH is 1. The van der Waals surface area contributed by atoms with E-state index in [9.17, 15) is 9.90 Å². The molecule has 1 aromatic rings. The summed E-state index contributed by atoms with van der Waals surface area (Å²) >= 11 is 0. The Balaban J connectivity index is 1.99. The minimum Gasteiger partial charge on any atom is -0.502 e. The first-order valence-corrected chi connectivity index (χ1v) is 5.36. The molecule has 16 heavy (non-hydrogen) atoms. The molecule has 0 atom stereocenters. The molecule has 1 saturated heterocycles. The maximum atomic E-state index is 11.2. The first-order chi connectivity index (χ1) is 7.65. The monoisotopic (exact) mass is 225 g/mol. The summed E-state index contributed by atoms with van der Waals surface area (Å²) in [7, 11) is 0. The predicted molar refractivity (Wildman–Crippen MR) is 57.2 cm³/mol. The van der Waals surface area contributed by atoms with E-state index in [0.29, 0.717) is 12.3 Å². The van der Waals surface area contributed by atoms with Gasteiger partial charge in [0.15, 0.2) is 5.75 Å². The summed E-state index contributed by atoms with van der Waals surface area (Å²) in [6, 6.07) is 1.31. The Kier molecular flexibility index (Phi) is 3.26. The van der Waals surface area contributed by atoms with Crippen molar-refractivity contribution < 1.29 is 14.6 Å². The fourth-order valence-corrected chi connectivity index (χ4v) is 1.82. The van der Waals surface area contributed by atoms with Crippen molar-refractivity contribution in [2.45, 2.75) is 25.5 Å². The van der Waals surface area contributed by atoms with Crippen molar-refractivity contribution in [2.75, 3.05) is 13.1 Å². The normalized spacial score (nSPS) is 18.8. The Labute approximate surface area is 92.9 Å². The Morgan fingerprint density at radius 2 is 2.12 bits per heavy atom. The summed E-state index contributed by atoms with van der Waals surface area (Å²) in [5.41, 5.74) is -0.418. The highest BCUT2D eigenvalue weighted by molar-refractivity contribution is 5.15. The lowest BCUT2D eigenvalue weighted by Crippen LogP contribution is -2.35. The molecule has 1 fully saturated rings. The number of rotatable bonds is 2. The van der Waals surface area contributed by atoms with Gasteiger partial charge in [-0.05, 0) is 12.8 Å². The second-order valence-corrected chi connectivity index (χ2v) is 4.10. The summed E-state index contributed by atoms with van der Waals surface area (Å²) in [4.78, 5) is 13.3. The van der Waals surface area contributed by atoms with Crippen LogP contribution in [0.3, 0.4) is 0 Å². The van der Waals surface area contributed by atoms with Gasteiger partial charge in [0.1, 0.15) is 12.0 Å². The molecule has 0 radical (unpaired) electrons. The van der Waals surface area contributed by atoms with Gasteiger partial charge >= 0.3 is 0 Å². The van der Waals surface area contributed by atoms with Gasteiger partial charge in [0.05, 0.1) is 12.6 Å². The summed E-state index contributed by atoms with van der Waals surface area (Å²) in [6.07, 6.45) is 2.37. The van der Waals surface area contributed by atoms with Crippen LogP contribution >= 0.6 is 0 Å². The summed E-state index contributed by atoms with van der Waals surface area (Å²) in [5, 5.41) is 18.4. The van der Waals surface area contributed by atoms with Gasteiger partial charge in [-0.2, -0.15) is 0 Å². The minimum atomic E-state index is -0.418. The van der Waals surface area contributed by atoms with Crippen LogP contribution in [0.1, 0.15) is 18.6 Å². The van der Waals surface area contributed by atoms with Gasteiger partial charge in [-0.15, -0.1) is 0 Å². The zero-order valence-corrected chi connectivity index (χ0v) is 8.93. The van der Waals surface area contributed by atoms with Crippen LogP contribution in [0.15, 0.2) is 21.5 Å². The Bertz CT molecular complexity index is 407. The lowest BCUT2D eigenvalue weighted by Gasteiger charge is -2.28. The second-order valence-electron chi connectivity index (χ2n) is 4.10.